The van der Waals surface area contributed by atoms with E-state index in [1.165, 1.54) is 192 Å². The van der Waals surface area contributed by atoms with Crippen LogP contribution >= 0.6 is 0 Å². The zero-order valence-electron chi connectivity index (χ0n) is 73.0. The summed E-state index contributed by atoms with van der Waals surface area (Å²) in [7, 11) is 0. The molecule has 0 bridgehead atoms. The van der Waals surface area contributed by atoms with E-state index in [1.807, 2.05) is 12.4 Å². The summed E-state index contributed by atoms with van der Waals surface area (Å²) < 4.78 is 0. The minimum Gasteiger partial charge on any atom is -0.353 e. The van der Waals surface area contributed by atoms with Gasteiger partial charge in [0.2, 0.25) is 0 Å². The van der Waals surface area contributed by atoms with Crippen LogP contribution in [-0.2, 0) is 0 Å². The van der Waals surface area contributed by atoms with Crippen LogP contribution in [0.3, 0.4) is 0 Å². The van der Waals surface area contributed by atoms with E-state index in [2.05, 4.69) is 387 Å². The normalized spacial score (nSPS) is 18.0. The highest BCUT2D eigenvalue weighted by atomic mass is 15.4. The number of rotatable bonds is 14. The highest BCUT2D eigenvalue weighted by molar-refractivity contribution is 5.77. The van der Waals surface area contributed by atoms with Crippen LogP contribution in [0.1, 0.15) is 214 Å². The molecule has 10 aromatic rings. The van der Waals surface area contributed by atoms with E-state index in [-0.39, 0.29) is 12.3 Å². The Balaban J connectivity index is 0.000000134. The first-order valence-electron chi connectivity index (χ1n) is 42.5. The summed E-state index contributed by atoms with van der Waals surface area (Å²) in [5.41, 5.74) is 37.3. The molecule has 16 rings (SSSR count). The third-order valence-corrected chi connectivity index (χ3v) is 25.3. The Hall–Kier alpha value is -10.7. The molecule has 0 spiro atoms. The summed E-state index contributed by atoms with van der Waals surface area (Å²) in [5.74, 6) is 0.932. The maximum Gasteiger partial charge on any atom is 0.107 e. The van der Waals surface area contributed by atoms with Crippen LogP contribution < -0.4 is 29.4 Å². The van der Waals surface area contributed by atoms with E-state index in [0.29, 0.717) is 36.3 Å². The Morgan fingerprint density at radius 3 is 0.774 bits per heavy atom. The number of hydrogen-bond donors (Lipinski definition) is 0. The molecule has 598 valence electrons. The minimum absolute atomic E-state index is 0.175. The van der Waals surface area contributed by atoms with Crippen molar-refractivity contribution in [1.82, 2.24) is 29.7 Å². The van der Waals surface area contributed by atoms with Gasteiger partial charge >= 0.3 is 0 Å². The number of benzene rings is 6. The SMILES string of the molecule is Cc1cc(-c2c(C)cccc2C)ncc1N1C=CN(C2CCCC2)[C@H]1C.Cc1cc(-c2c(C)cccc2C)ncc1N1C=CN(C2CCCCC2)[C@H]1C.Cc1cc(-c2c(C)cccc2C)ncc1N1C=CN(c2c(C(C)C)cccc2C(C)C)[C@H]1C.Cc1cc(-c2c(C)cccc2C)ncc1N1C=CN(c2c(C)cccc2C)[C@H]1C. The fraction of sp³-hybridized carbons (Fsp3) is 0.379. The second-order valence-electron chi connectivity index (χ2n) is 34.1. The number of nitrogens with zero attached hydrogens (tertiary/aromatic N) is 12. The third-order valence-electron chi connectivity index (χ3n) is 25.3. The largest absolute Gasteiger partial charge is 0.353 e. The van der Waals surface area contributed by atoms with Gasteiger partial charge in [0.15, 0.2) is 0 Å². The average molecular weight is 1530 g/mol. The van der Waals surface area contributed by atoms with Crippen molar-refractivity contribution in [3.63, 3.8) is 0 Å². The number of hydrogen-bond acceptors (Lipinski definition) is 12. The summed E-state index contributed by atoms with van der Waals surface area (Å²) >= 11 is 0. The van der Waals surface area contributed by atoms with Gasteiger partial charge in [-0.2, -0.15) is 0 Å². The lowest BCUT2D eigenvalue weighted by Gasteiger charge is -2.37. The monoisotopic (exact) mass is 1530 g/mol. The Kier molecular flexibility index (Phi) is 25.4. The molecule has 4 aromatic heterocycles. The number of aryl methyl sites for hydroxylation is 14. The summed E-state index contributed by atoms with van der Waals surface area (Å²) in [6, 6.07) is 49.3. The molecule has 0 amide bonds. The van der Waals surface area contributed by atoms with Crippen LogP contribution in [0.5, 0.6) is 0 Å². The first kappa shape index (κ1) is 82.3. The number of pyridine rings is 4. The molecule has 2 saturated carbocycles. The van der Waals surface area contributed by atoms with Crippen molar-refractivity contribution in [2.75, 3.05) is 29.4 Å². The Morgan fingerprint density at radius 1 is 0.261 bits per heavy atom. The highest BCUT2D eigenvalue weighted by Crippen LogP contribution is 2.44. The standard InChI is InChI=1S/C30H37N3.C26H29N3.C24H31N3.C23H29N3/c1-19(2)25-13-10-14-26(20(3)4)30(25)33-16-15-32(24(33)8)28-18-31-27(17-23(28)7)29-21(5)11-9-12-22(29)6;1-17-9-7-10-18(2)25(17)23-15-21(5)24(16-27-23)28-13-14-29(22(28)6)26-19(3)11-8-12-20(26)4;1-17-9-8-10-18(2)24(17)22-15-19(3)23(16-25-22)27-14-13-26(20(27)4)21-11-6-5-7-12-21;1-16-8-7-9-17(2)23(16)21-14-18(3)22(15-24-21)26-13-12-25(19(26)4)20-10-5-6-11-20/h9-20,24H,1-8H3;7-16,22H,1-6H3;8-10,13-16,20-21H,5-7,11-12H2,1-4H3;7-9,12-15,19-20H,5-6,10-11H2,1-4H3/t24-;22-;20-;19-/m0011/s1. The predicted octanol–water partition coefficient (Wildman–Crippen LogP) is 26.0. The van der Waals surface area contributed by atoms with Gasteiger partial charge in [0, 0.05) is 95.3 Å². The first-order valence-corrected chi connectivity index (χ1v) is 42.5. The molecule has 2 fully saturated rings. The van der Waals surface area contributed by atoms with Crippen LogP contribution in [0.25, 0.3) is 45.0 Å². The van der Waals surface area contributed by atoms with Gasteiger partial charge in [-0.3, -0.25) is 19.9 Å². The smallest absolute Gasteiger partial charge is 0.107 e. The van der Waals surface area contributed by atoms with Gasteiger partial charge in [-0.1, -0.05) is 169 Å². The third kappa shape index (κ3) is 17.2. The summed E-state index contributed by atoms with van der Waals surface area (Å²) in [6.07, 6.45) is 39.2. The van der Waals surface area contributed by atoms with Gasteiger partial charge in [-0.25, -0.2) is 0 Å². The highest BCUT2D eigenvalue weighted by Gasteiger charge is 2.35. The number of anilines is 6. The topological polar surface area (TPSA) is 77.5 Å². The molecule has 2 aliphatic carbocycles. The van der Waals surface area contributed by atoms with Crippen molar-refractivity contribution in [2.24, 2.45) is 0 Å². The lowest BCUT2D eigenvalue weighted by atomic mass is 9.92. The van der Waals surface area contributed by atoms with E-state index in [9.17, 15) is 0 Å². The Labute approximate surface area is 689 Å². The minimum atomic E-state index is 0.175. The molecule has 6 aliphatic rings. The molecule has 4 aliphatic heterocycles. The molecule has 0 saturated heterocycles. The van der Waals surface area contributed by atoms with Crippen LogP contribution in [0, 0.1) is 96.9 Å². The Morgan fingerprint density at radius 2 is 0.496 bits per heavy atom. The molecule has 8 heterocycles. The quantitative estimate of drug-likeness (QED) is 0.104. The van der Waals surface area contributed by atoms with Gasteiger partial charge in [0.1, 0.15) is 24.7 Å². The molecule has 12 nitrogen and oxygen atoms in total. The van der Waals surface area contributed by atoms with Crippen molar-refractivity contribution >= 4 is 34.1 Å². The van der Waals surface area contributed by atoms with Crippen LogP contribution in [-0.4, -0.2) is 66.5 Å². The molecular weight excluding hydrogens is 1410 g/mol. The maximum atomic E-state index is 4.91. The summed E-state index contributed by atoms with van der Waals surface area (Å²) in [6.45, 7) is 48.7. The zero-order valence-corrected chi connectivity index (χ0v) is 73.0. The van der Waals surface area contributed by atoms with Crippen LogP contribution in [0.4, 0.5) is 34.1 Å². The zero-order chi connectivity index (χ0) is 81.8. The molecule has 0 N–H and O–H groups in total. The van der Waals surface area contributed by atoms with E-state index >= 15 is 0 Å². The molecule has 6 aromatic carbocycles. The second-order valence-corrected chi connectivity index (χ2v) is 34.1. The predicted molar refractivity (Wildman–Crippen MR) is 488 cm³/mol. The van der Waals surface area contributed by atoms with Gasteiger partial charge in [0.25, 0.3) is 0 Å². The lowest BCUT2D eigenvalue weighted by Crippen LogP contribution is -2.43. The van der Waals surface area contributed by atoms with E-state index in [0.717, 1.165) is 34.2 Å². The molecule has 115 heavy (non-hydrogen) atoms. The van der Waals surface area contributed by atoms with E-state index < -0.39 is 0 Å². The fourth-order valence-corrected chi connectivity index (χ4v) is 18.9. The van der Waals surface area contributed by atoms with Crippen LogP contribution in [0.15, 0.2) is 208 Å². The summed E-state index contributed by atoms with van der Waals surface area (Å²) in [4.78, 5) is 38.7. The summed E-state index contributed by atoms with van der Waals surface area (Å²) in [5, 5.41) is 0. The van der Waals surface area contributed by atoms with Crippen LogP contribution in [0.2, 0.25) is 0 Å². The Bertz CT molecular complexity index is 5130. The first-order chi connectivity index (χ1) is 55.2. The average Bonchev–Trinajstić information content (AvgIpc) is 1.72. The number of aromatic nitrogens is 4. The fourth-order valence-electron chi connectivity index (χ4n) is 18.9. The molecule has 4 atom stereocenters. The number of para-hydroxylation sites is 2. The van der Waals surface area contributed by atoms with Crippen molar-refractivity contribution in [2.45, 2.75) is 259 Å². The molecule has 12 heteroatoms. The van der Waals surface area contributed by atoms with Crippen molar-refractivity contribution in [1.29, 1.82) is 0 Å². The van der Waals surface area contributed by atoms with Gasteiger partial charge in [-0.15, -0.1) is 0 Å². The molecule has 0 unspecified atom stereocenters. The van der Waals surface area contributed by atoms with E-state index in [1.54, 1.807) is 0 Å². The van der Waals surface area contributed by atoms with Gasteiger partial charge in [-0.05, 0) is 275 Å². The van der Waals surface area contributed by atoms with Crippen molar-refractivity contribution in [3.05, 3.63) is 297 Å². The molecule has 0 radical (unpaired) electrons. The van der Waals surface area contributed by atoms with Crippen molar-refractivity contribution < 1.29 is 0 Å². The van der Waals surface area contributed by atoms with Gasteiger partial charge in [0.05, 0.1) is 70.3 Å². The maximum absolute atomic E-state index is 4.91. The lowest BCUT2D eigenvalue weighted by molar-refractivity contribution is 0.187. The van der Waals surface area contributed by atoms with E-state index in [4.69, 9.17) is 19.9 Å². The second kappa shape index (κ2) is 35.6. The van der Waals surface area contributed by atoms with Gasteiger partial charge < -0.3 is 39.2 Å². The van der Waals surface area contributed by atoms with Crippen molar-refractivity contribution in [3.8, 4) is 45.0 Å². The molecular formula is C103H126N12.